The van der Waals surface area contributed by atoms with Gasteiger partial charge in [0.2, 0.25) is 0 Å². The molecule has 1 atom stereocenters. The van der Waals surface area contributed by atoms with Crippen molar-refractivity contribution in [2.45, 2.75) is 49.5 Å². The molecule has 3 aromatic carbocycles. The van der Waals surface area contributed by atoms with Crippen molar-refractivity contribution in [1.82, 2.24) is 0 Å². The van der Waals surface area contributed by atoms with E-state index in [4.69, 9.17) is 4.65 Å². The number of quaternary nitrogens is 1. The van der Waals surface area contributed by atoms with Gasteiger partial charge in [0.05, 0.1) is 39.2 Å². The smallest absolute Gasteiger partial charge is 0.343 e. The van der Waals surface area contributed by atoms with Gasteiger partial charge < -0.3 is 19.2 Å². The Morgan fingerprint density at radius 3 is 1.43 bits per heavy atom. The SMILES string of the molecule is C[N+](C)(C)C.[O-]B(O)OC1(c2ccccc2)CCCCCCC1(c1ccccc1)c1ccccc1. The fourth-order valence-corrected chi connectivity index (χ4v) is 5.40. The quantitative estimate of drug-likeness (QED) is 0.424. The molecular weight excluding hydrogens is 433 g/mol. The van der Waals surface area contributed by atoms with Crippen LogP contribution in [0.2, 0.25) is 0 Å². The van der Waals surface area contributed by atoms with Gasteiger partial charge in [-0.15, -0.1) is 0 Å². The van der Waals surface area contributed by atoms with Crippen LogP contribution in [0.1, 0.15) is 55.2 Å². The van der Waals surface area contributed by atoms with E-state index in [0.717, 1.165) is 53.3 Å². The number of hydrogen-bond acceptors (Lipinski definition) is 3. The molecule has 0 aliphatic heterocycles. The third-order valence-corrected chi connectivity index (χ3v) is 6.60. The lowest BCUT2D eigenvalue weighted by Crippen LogP contribution is -2.57. The number of nitrogens with zero attached hydrogens (tertiary/aromatic N) is 1. The molecule has 186 valence electrons. The second kappa shape index (κ2) is 12.0. The van der Waals surface area contributed by atoms with E-state index in [9.17, 15) is 10.0 Å². The van der Waals surface area contributed by atoms with E-state index in [1.54, 1.807) is 0 Å². The van der Waals surface area contributed by atoms with Crippen LogP contribution >= 0.6 is 0 Å². The van der Waals surface area contributed by atoms with Crippen molar-refractivity contribution in [3.63, 3.8) is 0 Å². The van der Waals surface area contributed by atoms with Gasteiger partial charge in [0.25, 0.3) is 0 Å². The van der Waals surface area contributed by atoms with E-state index in [1.807, 2.05) is 66.7 Å². The van der Waals surface area contributed by atoms with Crippen molar-refractivity contribution in [1.29, 1.82) is 0 Å². The Balaban J connectivity index is 0.000000623. The maximum atomic E-state index is 12.3. The van der Waals surface area contributed by atoms with Crippen molar-refractivity contribution in [2.75, 3.05) is 28.2 Å². The van der Waals surface area contributed by atoms with E-state index in [1.165, 1.54) is 0 Å². The average molecular weight is 473 g/mol. The van der Waals surface area contributed by atoms with Gasteiger partial charge in [-0.25, -0.2) is 0 Å². The topological polar surface area (TPSA) is 52.5 Å². The van der Waals surface area contributed by atoms with Gasteiger partial charge in [-0.3, -0.25) is 0 Å². The summed E-state index contributed by atoms with van der Waals surface area (Å²) >= 11 is 0. The molecule has 1 aliphatic rings. The number of rotatable bonds is 5. The molecule has 0 bridgehead atoms. The Kier molecular flexibility index (Phi) is 9.31. The van der Waals surface area contributed by atoms with Crippen LogP contribution < -0.4 is 5.02 Å². The van der Waals surface area contributed by atoms with E-state index in [0.29, 0.717) is 6.42 Å². The molecule has 0 saturated heterocycles. The van der Waals surface area contributed by atoms with Crippen LogP contribution in [-0.4, -0.2) is 45.0 Å². The summed E-state index contributed by atoms with van der Waals surface area (Å²) in [4.78, 5) is 0. The molecule has 35 heavy (non-hydrogen) atoms. The van der Waals surface area contributed by atoms with Crippen molar-refractivity contribution in [3.05, 3.63) is 108 Å². The molecule has 1 N–H and O–H groups in total. The fourth-order valence-electron chi connectivity index (χ4n) is 5.40. The fraction of sp³-hybridized carbons (Fsp3) is 0.400. The third-order valence-electron chi connectivity index (χ3n) is 6.60. The first-order chi connectivity index (χ1) is 16.7. The minimum atomic E-state index is -2.11. The Labute approximate surface area is 212 Å². The molecule has 0 aromatic heterocycles. The summed E-state index contributed by atoms with van der Waals surface area (Å²) in [5, 5.41) is 22.3. The van der Waals surface area contributed by atoms with Crippen LogP contribution in [0.4, 0.5) is 0 Å². The van der Waals surface area contributed by atoms with Crippen LogP contribution in [0, 0.1) is 0 Å². The molecule has 0 spiro atoms. The second-order valence-electron chi connectivity index (χ2n) is 10.9. The second-order valence-corrected chi connectivity index (χ2v) is 10.9. The third kappa shape index (κ3) is 6.62. The van der Waals surface area contributed by atoms with Gasteiger partial charge in [0, 0.05) is 0 Å². The molecule has 1 unspecified atom stereocenters. The molecule has 1 saturated carbocycles. The largest absolute Gasteiger partial charge is 0.832 e. The number of benzene rings is 3. The maximum Gasteiger partial charge on any atom is 0.343 e. The molecule has 0 amide bonds. The van der Waals surface area contributed by atoms with Gasteiger partial charge in [0.1, 0.15) is 0 Å². The normalized spacial score (nSPS) is 20.1. The maximum absolute atomic E-state index is 12.3. The van der Waals surface area contributed by atoms with Gasteiger partial charge in [-0.2, -0.15) is 0 Å². The molecular formula is C30H40BNO3. The van der Waals surface area contributed by atoms with Crippen molar-refractivity contribution < 1.29 is 19.2 Å². The zero-order chi connectivity index (χ0) is 25.4. The summed E-state index contributed by atoms with van der Waals surface area (Å²) in [7, 11) is 6.39. The molecule has 0 radical (unpaired) electrons. The Hall–Kier alpha value is -2.44. The Morgan fingerprint density at radius 1 is 0.657 bits per heavy atom. The van der Waals surface area contributed by atoms with Gasteiger partial charge in [0.15, 0.2) is 0 Å². The van der Waals surface area contributed by atoms with E-state index in [2.05, 4.69) is 52.5 Å². The zero-order valence-electron chi connectivity index (χ0n) is 21.7. The predicted molar refractivity (Wildman–Crippen MR) is 143 cm³/mol. The highest BCUT2D eigenvalue weighted by molar-refractivity contribution is 6.30. The summed E-state index contributed by atoms with van der Waals surface area (Å²) in [6, 6.07) is 30.7. The summed E-state index contributed by atoms with van der Waals surface area (Å²) in [5.41, 5.74) is 1.60. The molecule has 0 heterocycles. The molecule has 3 aromatic rings. The van der Waals surface area contributed by atoms with E-state index >= 15 is 0 Å². The van der Waals surface area contributed by atoms with Crippen molar-refractivity contribution in [2.24, 2.45) is 0 Å². The molecule has 1 fully saturated rings. The standard InChI is InChI=1S/C26H28BO3.C4H12N/c28-27(29)30-26(24-18-10-5-11-19-24)21-13-2-1-12-20-25(26,22-14-6-3-7-15-22)23-16-8-4-9-17-23;1-5(2,3)4/h3-11,14-19,28H,1-2,12-13,20-21H2;1-4H3/q-1;+1. The summed E-state index contributed by atoms with van der Waals surface area (Å²) in [6.45, 7) is 0. The molecule has 5 heteroatoms. The minimum absolute atomic E-state index is 0.595. The first-order valence-corrected chi connectivity index (χ1v) is 12.7. The minimum Gasteiger partial charge on any atom is -0.832 e. The molecule has 4 rings (SSSR count). The van der Waals surface area contributed by atoms with Crippen LogP contribution in [0.5, 0.6) is 0 Å². The highest BCUT2D eigenvalue weighted by Gasteiger charge is 2.55. The Bertz CT molecular complexity index is 961. The summed E-state index contributed by atoms with van der Waals surface area (Å²) < 4.78 is 7.13. The lowest BCUT2D eigenvalue weighted by molar-refractivity contribution is -0.849. The summed E-state index contributed by atoms with van der Waals surface area (Å²) in [6.07, 6.45) is 5.70. The number of hydrogen-bond donors (Lipinski definition) is 1. The van der Waals surface area contributed by atoms with Crippen LogP contribution in [0.15, 0.2) is 91.0 Å². The first-order valence-electron chi connectivity index (χ1n) is 12.7. The van der Waals surface area contributed by atoms with Crippen molar-refractivity contribution in [3.8, 4) is 0 Å². The lowest BCUT2D eigenvalue weighted by atomic mass is 9.55. The highest BCUT2D eigenvalue weighted by atomic mass is 16.6. The van der Waals surface area contributed by atoms with Crippen molar-refractivity contribution >= 4 is 7.32 Å². The van der Waals surface area contributed by atoms with Gasteiger partial charge in [-0.05, 0) is 29.5 Å². The van der Waals surface area contributed by atoms with E-state index in [-0.39, 0.29) is 0 Å². The monoisotopic (exact) mass is 473 g/mol. The van der Waals surface area contributed by atoms with Crippen LogP contribution in [0.3, 0.4) is 0 Å². The Morgan fingerprint density at radius 2 is 1.03 bits per heavy atom. The molecule has 4 nitrogen and oxygen atoms in total. The zero-order valence-corrected chi connectivity index (χ0v) is 21.7. The van der Waals surface area contributed by atoms with Gasteiger partial charge in [-0.1, -0.05) is 117 Å². The van der Waals surface area contributed by atoms with E-state index < -0.39 is 18.3 Å². The predicted octanol–water partition coefficient (Wildman–Crippen LogP) is 4.90. The lowest BCUT2D eigenvalue weighted by Gasteiger charge is -2.54. The first kappa shape index (κ1) is 27.2. The highest BCUT2D eigenvalue weighted by Crippen LogP contribution is 2.56. The average Bonchev–Trinajstić information content (AvgIpc) is 2.82. The van der Waals surface area contributed by atoms with Gasteiger partial charge >= 0.3 is 7.32 Å². The summed E-state index contributed by atoms with van der Waals surface area (Å²) in [5.74, 6) is 0. The van der Waals surface area contributed by atoms with Crippen LogP contribution in [-0.2, 0) is 15.7 Å². The molecule has 1 aliphatic carbocycles. The van der Waals surface area contributed by atoms with Crippen LogP contribution in [0.25, 0.3) is 0 Å².